The molecule has 15 heavy (non-hydrogen) atoms. The summed E-state index contributed by atoms with van der Waals surface area (Å²) in [6, 6.07) is 0.260. The molecule has 1 unspecified atom stereocenters. The van der Waals surface area contributed by atoms with Crippen molar-refractivity contribution in [1.29, 1.82) is 0 Å². The molecule has 1 fully saturated rings. The van der Waals surface area contributed by atoms with Gasteiger partial charge in [-0.25, -0.2) is 0 Å². The summed E-state index contributed by atoms with van der Waals surface area (Å²) >= 11 is 3.46. The van der Waals surface area contributed by atoms with Crippen molar-refractivity contribution >= 4 is 15.9 Å². The third kappa shape index (κ3) is 1.84. The van der Waals surface area contributed by atoms with E-state index in [1.54, 1.807) is 6.20 Å². The zero-order valence-electron chi connectivity index (χ0n) is 9.00. The minimum absolute atomic E-state index is 0.260. The predicted molar refractivity (Wildman–Crippen MR) is 61.7 cm³/mol. The minimum Gasteiger partial charge on any atom is -0.382 e. The number of β-amino-alcohol motifs (C(OH)–C–C–N with tert-alkyl or cyclic N) is 1. The van der Waals surface area contributed by atoms with Gasteiger partial charge in [-0.3, -0.25) is 4.68 Å². The molecule has 0 bridgehead atoms. The van der Waals surface area contributed by atoms with Crippen LogP contribution in [0.25, 0.3) is 0 Å². The van der Waals surface area contributed by atoms with Crippen LogP contribution in [0.4, 0.5) is 0 Å². The Morgan fingerprint density at radius 2 is 2.40 bits per heavy atom. The van der Waals surface area contributed by atoms with Gasteiger partial charge in [0.05, 0.1) is 16.4 Å². The topological polar surface area (TPSA) is 50.1 Å². The Bertz CT molecular complexity index is 356. The first-order valence-corrected chi connectivity index (χ1v) is 6.00. The molecule has 0 saturated carbocycles. The molecule has 1 aliphatic rings. The number of hydrogen-bond donors (Lipinski definition) is 2. The maximum Gasteiger partial charge on any atom is 0.121 e. The number of nitrogens with one attached hydrogen (secondary N) is 1. The largest absolute Gasteiger partial charge is 0.382 e. The molecule has 84 valence electrons. The standard InChI is InChI=1S/C10H16BrN3O/c1-7(2)14-9(8(11)5-13-14)10(15)3-4-12-6-10/h5,7,12,15H,3-4,6H2,1-2H3. The molecule has 0 radical (unpaired) electrons. The summed E-state index contributed by atoms with van der Waals surface area (Å²) < 4.78 is 2.78. The Balaban J connectivity index is 2.45. The Kier molecular flexibility index (Phi) is 2.87. The number of hydrogen-bond acceptors (Lipinski definition) is 3. The maximum absolute atomic E-state index is 10.5. The third-order valence-electron chi connectivity index (χ3n) is 2.81. The van der Waals surface area contributed by atoms with Crippen LogP contribution >= 0.6 is 15.9 Å². The highest BCUT2D eigenvalue weighted by atomic mass is 79.9. The van der Waals surface area contributed by atoms with Crippen LogP contribution < -0.4 is 5.32 Å². The predicted octanol–water partition coefficient (Wildman–Crippen LogP) is 1.41. The molecule has 1 aromatic rings. The minimum atomic E-state index is -0.778. The van der Waals surface area contributed by atoms with Crippen LogP contribution in [0, 0.1) is 0 Å². The van der Waals surface area contributed by atoms with Crippen LogP contribution in [0.5, 0.6) is 0 Å². The average Bonchev–Trinajstić information content (AvgIpc) is 2.72. The first-order chi connectivity index (χ1) is 7.04. The summed E-state index contributed by atoms with van der Waals surface area (Å²) in [5.41, 5.74) is 0.113. The van der Waals surface area contributed by atoms with Gasteiger partial charge in [0, 0.05) is 12.6 Å². The Morgan fingerprint density at radius 3 is 2.93 bits per heavy atom. The van der Waals surface area contributed by atoms with E-state index in [1.807, 2.05) is 4.68 Å². The van der Waals surface area contributed by atoms with Gasteiger partial charge in [0.15, 0.2) is 0 Å². The second kappa shape index (κ2) is 3.88. The molecule has 1 aliphatic heterocycles. The second-order valence-corrected chi connectivity index (χ2v) is 5.19. The monoisotopic (exact) mass is 273 g/mol. The quantitative estimate of drug-likeness (QED) is 0.857. The molecule has 2 N–H and O–H groups in total. The zero-order valence-corrected chi connectivity index (χ0v) is 10.6. The SMILES string of the molecule is CC(C)n1ncc(Br)c1C1(O)CCNC1. The van der Waals surface area contributed by atoms with Crippen molar-refractivity contribution in [2.75, 3.05) is 13.1 Å². The van der Waals surface area contributed by atoms with Gasteiger partial charge in [-0.15, -0.1) is 0 Å². The lowest BCUT2D eigenvalue weighted by Crippen LogP contribution is -2.32. The fourth-order valence-electron chi connectivity index (χ4n) is 2.05. The molecule has 0 aromatic carbocycles. The van der Waals surface area contributed by atoms with Gasteiger partial charge in [0.1, 0.15) is 5.60 Å². The normalized spacial score (nSPS) is 26.5. The van der Waals surface area contributed by atoms with E-state index < -0.39 is 5.60 Å². The number of aliphatic hydroxyl groups is 1. The number of halogens is 1. The second-order valence-electron chi connectivity index (χ2n) is 4.34. The van der Waals surface area contributed by atoms with Crippen molar-refractivity contribution in [2.45, 2.75) is 31.9 Å². The highest BCUT2D eigenvalue weighted by Crippen LogP contribution is 2.34. The van der Waals surface area contributed by atoms with E-state index in [4.69, 9.17) is 0 Å². The molecule has 4 nitrogen and oxygen atoms in total. The van der Waals surface area contributed by atoms with Crippen molar-refractivity contribution < 1.29 is 5.11 Å². The molecule has 1 atom stereocenters. The van der Waals surface area contributed by atoms with Crippen LogP contribution in [-0.4, -0.2) is 28.0 Å². The van der Waals surface area contributed by atoms with Gasteiger partial charge in [0.2, 0.25) is 0 Å². The summed E-state index contributed by atoms with van der Waals surface area (Å²) in [4.78, 5) is 0. The fourth-order valence-corrected chi connectivity index (χ4v) is 2.69. The van der Waals surface area contributed by atoms with Gasteiger partial charge in [0.25, 0.3) is 0 Å². The van der Waals surface area contributed by atoms with Crippen LogP contribution in [0.3, 0.4) is 0 Å². The molecule has 0 spiro atoms. The first kappa shape index (κ1) is 11.1. The molecule has 1 aromatic heterocycles. The van der Waals surface area contributed by atoms with Crippen molar-refractivity contribution in [3.05, 3.63) is 16.4 Å². The Morgan fingerprint density at radius 1 is 1.67 bits per heavy atom. The van der Waals surface area contributed by atoms with Crippen LogP contribution in [0.1, 0.15) is 32.0 Å². The molecular formula is C10H16BrN3O. The van der Waals surface area contributed by atoms with Gasteiger partial charge >= 0.3 is 0 Å². The van der Waals surface area contributed by atoms with Gasteiger partial charge in [-0.1, -0.05) is 0 Å². The van der Waals surface area contributed by atoms with E-state index in [9.17, 15) is 5.11 Å². The number of aromatic nitrogens is 2. The molecule has 2 heterocycles. The van der Waals surface area contributed by atoms with Crippen molar-refractivity contribution in [1.82, 2.24) is 15.1 Å². The van der Waals surface area contributed by atoms with Crippen LogP contribution in [0.2, 0.25) is 0 Å². The highest BCUT2D eigenvalue weighted by molar-refractivity contribution is 9.10. The van der Waals surface area contributed by atoms with Gasteiger partial charge < -0.3 is 10.4 Å². The van der Waals surface area contributed by atoms with E-state index in [0.29, 0.717) is 6.54 Å². The van der Waals surface area contributed by atoms with E-state index in [0.717, 1.165) is 23.1 Å². The molecular weight excluding hydrogens is 258 g/mol. The lowest BCUT2D eigenvalue weighted by molar-refractivity contribution is 0.0469. The smallest absolute Gasteiger partial charge is 0.121 e. The van der Waals surface area contributed by atoms with E-state index in [-0.39, 0.29) is 6.04 Å². The summed E-state index contributed by atoms with van der Waals surface area (Å²) in [5, 5.41) is 18.0. The molecule has 5 heteroatoms. The van der Waals surface area contributed by atoms with Crippen molar-refractivity contribution in [3.63, 3.8) is 0 Å². The third-order valence-corrected chi connectivity index (χ3v) is 3.39. The maximum atomic E-state index is 10.5. The Labute approximate surface area is 97.8 Å². The molecule has 0 aliphatic carbocycles. The molecule has 2 rings (SSSR count). The number of nitrogens with zero attached hydrogens (tertiary/aromatic N) is 2. The Hall–Kier alpha value is -0.390. The van der Waals surface area contributed by atoms with Crippen molar-refractivity contribution in [3.8, 4) is 0 Å². The number of rotatable bonds is 2. The first-order valence-electron chi connectivity index (χ1n) is 5.21. The highest BCUT2D eigenvalue weighted by Gasteiger charge is 2.38. The van der Waals surface area contributed by atoms with E-state index in [1.165, 1.54) is 0 Å². The fraction of sp³-hybridized carbons (Fsp3) is 0.700. The zero-order chi connectivity index (χ0) is 11.1. The molecule has 0 amide bonds. The average molecular weight is 274 g/mol. The lowest BCUT2D eigenvalue weighted by atomic mass is 9.98. The van der Waals surface area contributed by atoms with Crippen LogP contribution in [-0.2, 0) is 5.60 Å². The summed E-state index contributed by atoms with van der Waals surface area (Å²) in [7, 11) is 0. The van der Waals surface area contributed by atoms with E-state index >= 15 is 0 Å². The van der Waals surface area contributed by atoms with E-state index in [2.05, 4.69) is 40.2 Å². The summed E-state index contributed by atoms with van der Waals surface area (Å²) in [5.74, 6) is 0. The summed E-state index contributed by atoms with van der Waals surface area (Å²) in [6.45, 7) is 5.58. The van der Waals surface area contributed by atoms with Gasteiger partial charge in [-0.2, -0.15) is 5.10 Å². The van der Waals surface area contributed by atoms with Gasteiger partial charge in [-0.05, 0) is 42.7 Å². The lowest BCUT2D eigenvalue weighted by Gasteiger charge is -2.24. The van der Waals surface area contributed by atoms with Crippen molar-refractivity contribution in [2.24, 2.45) is 0 Å². The summed E-state index contributed by atoms with van der Waals surface area (Å²) in [6.07, 6.45) is 2.50. The van der Waals surface area contributed by atoms with Crippen LogP contribution in [0.15, 0.2) is 10.7 Å². The molecule has 1 saturated heterocycles.